The van der Waals surface area contributed by atoms with E-state index >= 15 is 0 Å². The Morgan fingerprint density at radius 1 is 0.971 bits per heavy atom. The highest BCUT2D eigenvalue weighted by molar-refractivity contribution is 9.10. The molecule has 1 aromatic heterocycles. The molecular formula is C24H20BrF2N5O3. The third-order valence-corrected chi connectivity index (χ3v) is 5.73. The molecule has 1 aliphatic rings. The van der Waals surface area contributed by atoms with Gasteiger partial charge in [0, 0.05) is 29.3 Å². The van der Waals surface area contributed by atoms with Crippen LogP contribution in [-0.2, 0) is 4.74 Å². The van der Waals surface area contributed by atoms with Gasteiger partial charge in [-0.05, 0) is 58.4 Å². The molecule has 0 unspecified atom stereocenters. The molecule has 0 spiro atoms. The maximum Gasteiger partial charge on any atom is 0.259 e. The molecule has 0 aliphatic carbocycles. The van der Waals surface area contributed by atoms with Gasteiger partial charge in [-0.25, -0.2) is 13.8 Å². The van der Waals surface area contributed by atoms with E-state index in [-0.39, 0.29) is 28.5 Å². The van der Waals surface area contributed by atoms with Crippen LogP contribution in [0.3, 0.4) is 0 Å². The van der Waals surface area contributed by atoms with Gasteiger partial charge in [-0.15, -0.1) is 0 Å². The van der Waals surface area contributed by atoms with Crippen molar-refractivity contribution in [2.75, 3.05) is 36.9 Å². The Morgan fingerprint density at radius 2 is 1.71 bits per heavy atom. The zero-order chi connectivity index (χ0) is 24.9. The lowest BCUT2D eigenvalue weighted by Gasteiger charge is -2.29. The molecule has 2 heterocycles. The van der Waals surface area contributed by atoms with Crippen LogP contribution in [0.15, 0.2) is 59.2 Å². The van der Waals surface area contributed by atoms with Crippen molar-refractivity contribution in [3.05, 3.63) is 87.5 Å². The monoisotopic (exact) mass is 543 g/mol. The number of carbonyl (C=O) groups excluding carboxylic acids is 2. The predicted molar refractivity (Wildman–Crippen MR) is 130 cm³/mol. The van der Waals surface area contributed by atoms with Crippen molar-refractivity contribution >= 4 is 45.1 Å². The fraction of sp³-hybridized carbons (Fsp3) is 0.167. The number of morpholine rings is 1. The number of amidine groups is 1. The smallest absolute Gasteiger partial charge is 0.259 e. The summed E-state index contributed by atoms with van der Waals surface area (Å²) in [5.41, 5.74) is -0.122. The van der Waals surface area contributed by atoms with Crippen LogP contribution in [0.1, 0.15) is 26.3 Å². The number of nitrogens with one attached hydrogen (secondary N) is 3. The molecule has 4 rings (SSSR count). The van der Waals surface area contributed by atoms with Crippen molar-refractivity contribution in [1.29, 1.82) is 5.41 Å². The molecule has 0 atom stereocenters. The van der Waals surface area contributed by atoms with Crippen molar-refractivity contribution in [3.63, 3.8) is 0 Å². The highest BCUT2D eigenvalue weighted by Crippen LogP contribution is 2.21. The van der Waals surface area contributed by atoms with Crippen molar-refractivity contribution in [3.8, 4) is 0 Å². The molecule has 1 aliphatic heterocycles. The number of carbonyl (C=O) groups is 2. The number of benzene rings is 2. The summed E-state index contributed by atoms with van der Waals surface area (Å²) in [6, 6.07) is 10.3. The van der Waals surface area contributed by atoms with Crippen LogP contribution in [0.4, 0.5) is 20.3 Å². The van der Waals surface area contributed by atoms with Gasteiger partial charge in [-0.2, -0.15) is 0 Å². The second-order valence-corrected chi connectivity index (χ2v) is 8.52. The van der Waals surface area contributed by atoms with Gasteiger partial charge in [0.2, 0.25) is 0 Å². The highest BCUT2D eigenvalue weighted by atomic mass is 79.9. The van der Waals surface area contributed by atoms with Crippen LogP contribution in [0, 0.1) is 17.0 Å². The van der Waals surface area contributed by atoms with E-state index in [9.17, 15) is 18.4 Å². The fourth-order valence-corrected chi connectivity index (χ4v) is 3.69. The van der Waals surface area contributed by atoms with Crippen LogP contribution < -0.4 is 10.6 Å². The topological polar surface area (TPSA) is 107 Å². The summed E-state index contributed by atoms with van der Waals surface area (Å²) in [5.74, 6) is -2.68. The average Bonchev–Trinajstić information content (AvgIpc) is 2.86. The molecular weight excluding hydrogens is 524 g/mol. The van der Waals surface area contributed by atoms with Gasteiger partial charge in [0.25, 0.3) is 11.8 Å². The Bertz CT molecular complexity index is 1280. The fourth-order valence-electron chi connectivity index (χ4n) is 3.45. The molecule has 2 amide bonds. The number of ether oxygens (including phenoxy) is 1. The Labute approximate surface area is 207 Å². The number of halogens is 3. The van der Waals surface area contributed by atoms with Crippen LogP contribution in [0.2, 0.25) is 0 Å². The standard InChI is InChI=1S/C24H20BrF2N5O3/c25-15-2-6-21(29-13-15)31-24(34)18-12-16(26)3-5-20(18)30-23(33)17-4-1-14(11-19(17)27)22(28)32-7-9-35-10-8-32/h1-6,11-13,28H,7-10H2,(H,30,33)(H,29,31,34). The lowest BCUT2D eigenvalue weighted by molar-refractivity contribution is 0.0680. The van der Waals surface area contributed by atoms with E-state index in [4.69, 9.17) is 10.1 Å². The van der Waals surface area contributed by atoms with Gasteiger partial charge in [0.1, 0.15) is 23.3 Å². The summed E-state index contributed by atoms with van der Waals surface area (Å²) < 4.78 is 34.7. The number of nitrogens with zero attached hydrogens (tertiary/aromatic N) is 2. The predicted octanol–water partition coefficient (Wildman–Crippen LogP) is 4.28. The van der Waals surface area contributed by atoms with Crippen molar-refractivity contribution in [1.82, 2.24) is 9.88 Å². The molecule has 11 heteroatoms. The first-order valence-electron chi connectivity index (χ1n) is 10.6. The normalized spacial score (nSPS) is 13.3. The van der Waals surface area contributed by atoms with Crippen molar-refractivity contribution < 1.29 is 23.1 Å². The molecule has 8 nitrogen and oxygen atoms in total. The Balaban J connectivity index is 1.52. The number of hydrogen-bond acceptors (Lipinski definition) is 5. The van der Waals surface area contributed by atoms with Gasteiger partial charge in [-0.1, -0.05) is 6.07 Å². The Morgan fingerprint density at radius 3 is 2.40 bits per heavy atom. The second-order valence-electron chi connectivity index (χ2n) is 7.60. The van der Waals surface area contributed by atoms with E-state index in [1.165, 1.54) is 24.4 Å². The Kier molecular flexibility index (Phi) is 7.47. The summed E-state index contributed by atoms with van der Waals surface area (Å²) in [6.45, 7) is 2.01. The minimum absolute atomic E-state index is 0.00412. The van der Waals surface area contributed by atoms with Crippen LogP contribution in [0.5, 0.6) is 0 Å². The zero-order valence-corrected chi connectivity index (χ0v) is 19.9. The lowest BCUT2D eigenvalue weighted by Crippen LogP contribution is -2.40. The molecule has 2 aromatic carbocycles. The lowest BCUT2D eigenvalue weighted by atomic mass is 10.1. The van der Waals surface area contributed by atoms with E-state index in [2.05, 4.69) is 31.5 Å². The van der Waals surface area contributed by atoms with E-state index < -0.39 is 23.4 Å². The Hall–Kier alpha value is -3.70. The van der Waals surface area contributed by atoms with Gasteiger partial charge in [0.05, 0.1) is 30.0 Å². The maximum absolute atomic E-state index is 14.8. The van der Waals surface area contributed by atoms with Gasteiger partial charge in [-0.3, -0.25) is 15.0 Å². The number of anilines is 2. The first-order chi connectivity index (χ1) is 16.8. The summed E-state index contributed by atoms with van der Waals surface area (Å²) >= 11 is 3.24. The SMILES string of the molecule is N=C(c1ccc(C(=O)Nc2ccc(F)cc2C(=O)Nc2ccc(Br)cn2)c(F)c1)N1CCOCC1. The molecule has 0 saturated carbocycles. The van der Waals surface area contributed by atoms with Crippen molar-refractivity contribution in [2.45, 2.75) is 0 Å². The van der Waals surface area contributed by atoms with Gasteiger partial charge in [0.15, 0.2) is 0 Å². The molecule has 35 heavy (non-hydrogen) atoms. The number of pyridine rings is 1. The minimum atomic E-state index is -0.829. The largest absolute Gasteiger partial charge is 0.378 e. The summed E-state index contributed by atoms with van der Waals surface area (Å²) in [5, 5.41) is 13.3. The number of hydrogen-bond donors (Lipinski definition) is 3. The molecule has 0 bridgehead atoms. The summed E-state index contributed by atoms with van der Waals surface area (Å²) in [7, 11) is 0. The summed E-state index contributed by atoms with van der Waals surface area (Å²) in [6.07, 6.45) is 1.48. The molecule has 3 N–H and O–H groups in total. The quantitative estimate of drug-likeness (QED) is 0.329. The third-order valence-electron chi connectivity index (χ3n) is 5.26. The molecule has 3 aromatic rings. The molecule has 1 saturated heterocycles. The average molecular weight is 544 g/mol. The maximum atomic E-state index is 14.8. The second kappa shape index (κ2) is 10.7. The first kappa shape index (κ1) is 24.4. The van der Waals surface area contributed by atoms with E-state index in [1.54, 1.807) is 17.0 Å². The molecule has 0 radical (unpaired) electrons. The summed E-state index contributed by atoms with van der Waals surface area (Å²) in [4.78, 5) is 31.3. The number of amides is 2. The van der Waals surface area contributed by atoms with Gasteiger partial charge >= 0.3 is 0 Å². The molecule has 1 fully saturated rings. The van der Waals surface area contributed by atoms with Crippen LogP contribution in [-0.4, -0.2) is 53.8 Å². The highest BCUT2D eigenvalue weighted by Gasteiger charge is 2.21. The van der Waals surface area contributed by atoms with E-state index in [1.807, 2.05) is 0 Å². The first-order valence-corrected chi connectivity index (χ1v) is 11.4. The van der Waals surface area contributed by atoms with Crippen molar-refractivity contribution in [2.24, 2.45) is 0 Å². The van der Waals surface area contributed by atoms with Crippen LogP contribution in [0.25, 0.3) is 0 Å². The minimum Gasteiger partial charge on any atom is -0.378 e. The van der Waals surface area contributed by atoms with Gasteiger partial charge < -0.3 is 20.3 Å². The van der Waals surface area contributed by atoms with E-state index in [0.29, 0.717) is 36.3 Å². The van der Waals surface area contributed by atoms with Crippen LogP contribution >= 0.6 is 15.9 Å². The number of rotatable bonds is 5. The van der Waals surface area contributed by atoms with E-state index in [0.717, 1.165) is 18.2 Å². The number of aromatic nitrogens is 1. The molecule has 180 valence electrons. The third kappa shape index (κ3) is 5.87. The zero-order valence-electron chi connectivity index (χ0n) is 18.3.